The highest BCUT2D eigenvalue weighted by Crippen LogP contribution is 2.40. The number of nitrogens with zero attached hydrogens (tertiary/aromatic N) is 1. The third-order valence-electron chi connectivity index (χ3n) is 4.71. The molecule has 0 N–H and O–H groups in total. The van der Waals surface area contributed by atoms with Crippen LogP contribution >= 0.6 is 0 Å². The summed E-state index contributed by atoms with van der Waals surface area (Å²) in [6.45, 7) is 4.04. The molecule has 1 aromatic heterocycles. The highest BCUT2D eigenvalue weighted by molar-refractivity contribution is 5.88. The Balaban J connectivity index is 0.000000540. The zero-order valence-electron chi connectivity index (χ0n) is 15.5. The predicted molar refractivity (Wildman–Crippen MR) is 96.2 cm³/mol. The summed E-state index contributed by atoms with van der Waals surface area (Å²) in [4.78, 5) is 45.3. The number of carbonyl (C=O) groups is 1. The highest BCUT2D eigenvalue weighted by atomic mass is 16.2. The zero-order valence-corrected chi connectivity index (χ0v) is 15.5. The summed E-state index contributed by atoms with van der Waals surface area (Å²) in [5.74, 6) is 0.473. The van der Waals surface area contributed by atoms with Gasteiger partial charge in [0.05, 0.1) is 0 Å². The Kier molecular flexibility index (Phi) is 8.80. The Bertz CT molecular complexity index is 777. The lowest BCUT2D eigenvalue weighted by atomic mass is 9.85. The predicted octanol–water partition coefficient (Wildman–Crippen LogP) is 3.48. The van der Waals surface area contributed by atoms with E-state index in [2.05, 4.69) is 47.3 Å². The van der Waals surface area contributed by atoms with E-state index in [9.17, 15) is 4.79 Å². The molecule has 27 heavy (non-hydrogen) atoms. The average Bonchev–Trinajstić information content (AvgIpc) is 3.33. The molecule has 142 valence electrons. The summed E-state index contributed by atoms with van der Waals surface area (Å²) in [6, 6.07) is 12.5. The first-order valence-corrected chi connectivity index (χ1v) is 8.73. The van der Waals surface area contributed by atoms with E-state index in [4.69, 9.17) is 19.2 Å². The summed E-state index contributed by atoms with van der Waals surface area (Å²) in [5, 5.41) is 0. The van der Waals surface area contributed by atoms with Gasteiger partial charge in [-0.1, -0.05) is 57.0 Å². The molecular formula is C21H23NO5. The van der Waals surface area contributed by atoms with Crippen molar-refractivity contribution < 1.29 is 24.0 Å². The van der Waals surface area contributed by atoms with Crippen LogP contribution < -0.4 is 0 Å². The van der Waals surface area contributed by atoms with Crippen molar-refractivity contribution in [3.05, 3.63) is 48.8 Å². The molecule has 1 heterocycles. The monoisotopic (exact) mass is 369 g/mol. The summed E-state index contributed by atoms with van der Waals surface area (Å²) in [5.41, 5.74) is 2.10. The third kappa shape index (κ3) is 5.45. The minimum Gasteiger partial charge on any atom is -0.341 e. The number of Topliss-reactive ketones (excluding diaryl/α,β-unsaturated/α-hetero) is 1. The molecule has 0 bridgehead atoms. The van der Waals surface area contributed by atoms with Gasteiger partial charge in [0.15, 0.2) is 5.78 Å². The number of aromatic nitrogens is 1. The van der Waals surface area contributed by atoms with E-state index in [1.54, 1.807) is 0 Å². The molecule has 0 saturated heterocycles. The minimum atomic E-state index is -0.304. The van der Waals surface area contributed by atoms with Gasteiger partial charge < -0.3 is 4.57 Å². The maximum absolute atomic E-state index is 12.8. The number of benzene rings is 1. The first kappa shape index (κ1) is 22.0. The largest absolute Gasteiger partial charge is 0.373 e. The Morgan fingerprint density at radius 2 is 1.44 bits per heavy atom. The van der Waals surface area contributed by atoms with Gasteiger partial charge in [0.1, 0.15) is 5.54 Å². The van der Waals surface area contributed by atoms with Gasteiger partial charge in [-0.3, -0.25) is 4.79 Å². The molecule has 1 aliphatic rings. The van der Waals surface area contributed by atoms with Gasteiger partial charge in [-0.15, -0.1) is 0 Å². The van der Waals surface area contributed by atoms with Gasteiger partial charge in [-0.05, 0) is 30.0 Å². The lowest BCUT2D eigenvalue weighted by molar-refractivity contribution is -0.193. The molecule has 1 aromatic carbocycles. The second-order valence-corrected chi connectivity index (χ2v) is 6.60. The van der Waals surface area contributed by atoms with Gasteiger partial charge in [0, 0.05) is 18.3 Å². The van der Waals surface area contributed by atoms with Crippen molar-refractivity contribution >= 4 is 18.1 Å². The van der Waals surface area contributed by atoms with Crippen LogP contribution in [-0.2, 0) is 29.5 Å². The molecule has 0 spiro atoms. The highest BCUT2D eigenvalue weighted by Gasteiger charge is 2.43. The molecule has 1 fully saturated rings. The fraction of sp³-hybridized carbons (Fsp3) is 0.381. The number of rotatable bonds is 4. The summed E-state index contributed by atoms with van der Waals surface area (Å²) < 4.78 is 2.19. The maximum Gasteiger partial charge on any atom is 0.373 e. The quantitative estimate of drug-likeness (QED) is 0.823. The second kappa shape index (κ2) is 10.8. The van der Waals surface area contributed by atoms with Gasteiger partial charge in [-0.25, -0.2) is 0 Å². The number of ketones is 1. The Hall–Kier alpha value is -3.07. The van der Waals surface area contributed by atoms with Crippen molar-refractivity contribution in [2.45, 2.75) is 45.1 Å². The van der Waals surface area contributed by atoms with E-state index in [1.807, 2.05) is 19.9 Å². The van der Waals surface area contributed by atoms with Crippen LogP contribution in [0.25, 0.3) is 11.1 Å². The summed E-state index contributed by atoms with van der Waals surface area (Å²) >= 11 is 0. The SMILES string of the molecule is CC(C)C(=O)C1(n2ccc(-c3ccccc3)c2)CCCC1.O=C=O.O=C=O. The topological polar surface area (TPSA) is 90.3 Å². The van der Waals surface area contributed by atoms with Gasteiger partial charge >= 0.3 is 12.3 Å². The van der Waals surface area contributed by atoms with Crippen molar-refractivity contribution in [1.82, 2.24) is 4.57 Å². The molecule has 0 radical (unpaired) electrons. The molecular weight excluding hydrogens is 346 g/mol. The van der Waals surface area contributed by atoms with E-state index < -0.39 is 0 Å². The molecule has 1 aliphatic carbocycles. The first-order chi connectivity index (χ1) is 13.0. The molecule has 0 aliphatic heterocycles. The molecule has 0 unspecified atom stereocenters. The molecule has 1 saturated carbocycles. The molecule has 6 nitrogen and oxygen atoms in total. The fourth-order valence-corrected chi connectivity index (χ4v) is 3.59. The van der Waals surface area contributed by atoms with Crippen LogP contribution in [0.5, 0.6) is 0 Å². The van der Waals surface area contributed by atoms with E-state index in [1.165, 1.54) is 11.1 Å². The van der Waals surface area contributed by atoms with E-state index >= 15 is 0 Å². The van der Waals surface area contributed by atoms with Crippen LogP contribution in [0.2, 0.25) is 0 Å². The lowest BCUT2D eigenvalue weighted by Crippen LogP contribution is -2.41. The molecule has 0 amide bonds. The zero-order chi connectivity index (χ0) is 20.3. The second-order valence-electron chi connectivity index (χ2n) is 6.60. The van der Waals surface area contributed by atoms with E-state index in [0.717, 1.165) is 25.7 Å². The Labute approximate surface area is 158 Å². The molecule has 2 aromatic rings. The van der Waals surface area contributed by atoms with Crippen LogP contribution in [0.4, 0.5) is 0 Å². The van der Waals surface area contributed by atoms with Crippen molar-refractivity contribution in [2.24, 2.45) is 5.92 Å². The average molecular weight is 369 g/mol. The Morgan fingerprint density at radius 3 is 1.93 bits per heavy atom. The fourth-order valence-electron chi connectivity index (χ4n) is 3.59. The van der Waals surface area contributed by atoms with Gasteiger partial charge in [0.2, 0.25) is 0 Å². The van der Waals surface area contributed by atoms with Crippen LogP contribution in [0, 0.1) is 5.92 Å². The summed E-state index contributed by atoms with van der Waals surface area (Å²) in [6.07, 6.45) is 9.00. The van der Waals surface area contributed by atoms with Crippen LogP contribution in [-0.4, -0.2) is 22.7 Å². The normalized spacial score (nSPS) is 14.0. The maximum atomic E-state index is 12.8. The van der Waals surface area contributed by atoms with Crippen LogP contribution in [0.1, 0.15) is 39.5 Å². The molecule has 6 heteroatoms. The van der Waals surface area contributed by atoms with Crippen LogP contribution in [0.15, 0.2) is 48.8 Å². The lowest BCUT2D eigenvalue weighted by Gasteiger charge is -2.31. The Morgan fingerprint density at radius 1 is 0.926 bits per heavy atom. The van der Waals surface area contributed by atoms with E-state index in [0.29, 0.717) is 5.78 Å². The number of hydrogen-bond donors (Lipinski definition) is 0. The van der Waals surface area contributed by atoms with Gasteiger partial charge in [0.25, 0.3) is 0 Å². The molecule has 3 rings (SSSR count). The first-order valence-electron chi connectivity index (χ1n) is 8.73. The van der Waals surface area contributed by atoms with Crippen LogP contribution in [0.3, 0.4) is 0 Å². The number of hydrogen-bond acceptors (Lipinski definition) is 5. The van der Waals surface area contributed by atoms with Crippen molar-refractivity contribution in [3.8, 4) is 11.1 Å². The minimum absolute atomic E-state index is 0.0886. The molecule has 0 atom stereocenters. The standard InChI is InChI=1S/C19H23NO.2CO2/c1-15(2)18(21)19(11-6-7-12-19)20-13-10-17(14-20)16-8-4-3-5-9-16;2*2-1-3/h3-5,8-10,13-15H,6-7,11-12H2,1-2H3;;. The van der Waals surface area contributed by atoms with Crippen molar-refractivity contribution in [2.75, 3.05) is 0 Å². The smallest absolute Gasteiger partial charge is 0.341 e. The number of carbonyl (C=O) groups excluding carboxylic acids is 5. The third-order valence-corrected chi connectivity index (χ3v) is 4.71. The van der Waals surface area contributed by atoms with Gasteiger partial charge in [-0.2, -0.15) is 19.2 Å². The van der Waals surface area contributed by atoms with Crippen molar-refractivity contribution in [3.63, 3.8) is 0 Å². The van der Waals surface area contributed by atoms with E-state index in [-0.39, 0.29) is 23.8 Å². The van der Waals surface area contributed by atoms with Crippen molar-refractivity contribution in [1.29, 1.82) is 0 Å². The summed E-state index contributed by atoms with van der Waals surface area (Å²) in [7, 11) is 0.